The molecule has 1 aliphatic heterocycles. The number of aromatic nitrogens is 1. The van der Waals surface area contributed by atoms with Gasteiger partial charge in [-0.15, -0.1) is 0 Å². The molecule has 3 aromatic carbocycles. The zero-order chi connectivity index (χ0) is 26.4. The standard InChI is InChI=1S/C28H23FN2O5S/c1-14-11-15(2)23-21(12-14)37-28(30-23)31-24(19-13-18(35-3)9-10-20(19)36-4)22(26(33)27(31)34)25(32)16-5-7-17(29)8-6-16/h5-13,24,32H,1-4H3/t24-/m0/s1. The lowest BCUT2D eigenvalue weighted by Crippen LogP contribution is -2.29. The number of benzene rings is 3. The van der Waals surface area contributed by atoms with Gasteiger partial charge in [0.2, 0.25) is 0 Å². The number of amides is 1. The molecule has 0 aliphatic carbocycles. The third-order valence-corrected chi connectivity index (χ3v) is 7.32. The maximum atomic E-state index is 13.6. The zero-order valence-corrected chi connectivity index (χ0v) is 21.4. The van der Waals surface area contributed by atoms with Crippen LogP contribution in [0.3, 0.4) is 0 Å². The Bertz CT molecular complexity index is 1590. The summed E-state index contributed by atoms with van der Waals surface area (Å²) in [6, 6.07) is 13.0. The van der Waals surface area contributed by atoms with E-state index in [0.29, 0.717) is 22.2 Å². The Labute approximate surface area is 216 Å². The molecule has 188 valence electrons. The van der Waals surface area contributed by atoms with Crippen molar-refractivity contribution in [2.75, 3.05) is 19.1 Å². The summed E-state index contributed by atoms with van der Waals surface area (Å²) >= 11 is 1.28. The minimum atomic E-state index is -1.07. The lowest BCUT2D eigenvalue weighted by molar-refractivity contribution is -0.132. The Balaban J connectivity index is 1.80. The number of anilines is 1. The third-order valence-electron chi connectivity index (χ3n) is 6.32. The smallest absolute Gasteiger partial charge is 0.301 e. The number of aliphatic hydroxyl groups is 1. The van der Waals surface area contributed by atoms with Gasteiger partial charge in [-0.1, -0.05) is 17.4 Å². The number of halogens is 1. The summed E-state index contributed by atoms with van der Waals surface area (Å²) in [4.78, 5) is 33.0. The number of hydrogen-bond donors (Lipinski definition) is 1. The van der Waals surface area contributed by atoms with Crippen LogP contribution in [0.25, 0.3) is 16.0 Å². The fourth-order valence-corrected chi connectivity index (χ4v) is 5.77. The van der Waals surface area contributed by atoms with Crippen LogP contribution in [0.15, 0.2) is 60.2 Å². The fraction of sp³-hybridized carbons (Fsp3) is 0.179. The highest BCUT2D eigenvalue weighted by molar-refractivity contribution is 7.22. The highest BCUT2D eigenvalue weighted by Crippen LogP contribution is 2.47. The number of hydrogen-bond acceptors (Lipinski definition) is 7. The first kappa shape index (κ1) is 24.5. The van der Waals surface area contributed by atoms with E-state index in [4.69, 9.17) is 14.5 Å². The predicted molar refractivity (Wildman–Crippen MR) is 140 cm³/mol. The summed E-state index contributed by atoms with van der Waals surface area (Å²) in [6.45, 7) is 3.91. The fourth-order valence-electron chi connectivity index (χ4n) is 4.60. The van der Waals surface area contributed by atoms with Gasteiger partial charge in [0, 0.05) is 11.1 Å². The number of ketones is 1. The largest absolute Gasteiger partial charge is 0.507 e. The molecule has 1 aromatic heterocycles. The molecular weight excluding hydrogens is 495 g/mol. The zero-order valence-electron chi connectivity index (χ0n) is 20.5. The highest BCUT2D eigenvalue weighted by atomic mass is 32.1. The van der Waals surface area contributed by atoms with Gasteiger partial charge in [-0.3, -0.25) is 14.5 Å². The second-order valence-electron chi connectivity index (χ2n) is 8.71. The van der Waals surface area contributed by atoms with Crippen LogP contribution in [0.2, 0.25) is 0 Å². The molecule has 9 heteroatoms. The average Bonchev–Trinajstić information content (AvgIpc) is 3.42. The number of ether oxygens (including phenoxy) is 2. The van der Waals surface area contributed by atoms with Crippen LogP contribution >= 0.6 is 11.3 Å². The first-order chi connectivity index (χ1) is 17.7. The Hall–Kier alpha value is -4.24. The predicted octanol–water partition coefficient (Wildman–Crippen LogP) is 5.70. The molecule has 7 nitrogen and oxygen atoms in total. The molecule has 0 spiro atoms. The van der Waals surface area contributed by atoms with Crippen molar-refractivity contribution in [2.45, 2.75) is 19.9 Å². The quantitative estimate of drug-likeness (QED) is 0.207. The minimum absolute atomic E-state index is 0.157. The second kappa shape index (κ2) is 9.33. The van der Waals surface area contributed by atoms with Crippen molar-refractivity contribution in [2.24, 2.45) is 0 Å². The highest BCUT2D eigenvalue weighted by Gasteiger charge is 2.49. The Kier molecular flexibility index (Phi) is 6.16. The van der Waals surface area contributed by atoms with Crippen molar-refractivity contribution in [1.82, 2.24) is 4.98 Å². The molecule has 5 rings (SSSR count). The Morgan fingerprint density at radius 2 is 1.76 bits per heavy atom. The Morgan fingerprint density at radius 1 is 1.03 bits per heavy atom. The van der Waals surface area contributed by atoms with Gasteiger partial charge >= 0.3 is 5.91 Å². The molecule has 1 fully saturated rings. The van der Waals surface area contributed by atoms with Crippen LogP contribution in [-0.2, 0) is 9.59 Å². The summed E-state index contributed by atoms with van der Waals surface area (Å²) in [5, 5.41) is 11.6. The molecular formula is C28H23FN2O5S. The number of aliphatic hydroxyl groups excluding tert-OH is 1. The van der Waals surface area contributed by atoms with Gasteiger partial charge < -0.3 is 14.6 Å². The number of nitrogens with zero attached hydrogens (tertiary/aromatic N) is 2. The van der Waals surface area contributed by atoms with Gasteiger partial charge in [-0.25, -0.2) is 9.37 Å². The van der Waals surface area contributed by atoms with Gasteiger partial charge in [0.25, 0.3) is 5.78 Å². The van der Waals surface area contributed by atoms with Crippen molar-refractivity contribution in [1.29, 1.82) is 0 Å². The average molecular weight is 519 g/mol. The van der Waals surface area contributed by atoms with Crippen molar-refractivity contribution in [3.05, 3.63) is 88.2 Å². The van der Waals surface area contributed by atoms with Gasteiger partial charge in [0.1, 0.15) is 29.1 Å². The first-order valence-electron chi connectivity index (χ1n) is 11.4. The third kappa shape index (κ3) is 4.11. The lowest BCUT2D eigenvalue weighted by Gasteiger charge is -2.25. The van der Waals surface area contributed by atoms with E-state index in [9.17, 15) is 19.1 Å². The second-order valence-corrected chi connectivity index (χ2v) is 9.72. The summed E-state index contributed by atoms with van der Waals surface area (Å²) < 4.78 is 25.4. The topological polar surface area (TPSA) is 89.0 Å². The number of methoxy groups -OCH3 is 2. The molecule has 0 saturated carbocycles. The number of rotatable bonds is 5. The number of thiazole rings is 1. The normalized spacial score (nSPS) is 17.0. The molecule has 4 aromatic rings. The van der Waals surface area contributed by atoms with Gasteiger partial charge in [0.15, 0.2) is 5.13 Å². The molecule has 1 aliphatic rings. The van der Waals surface area contributed by atoms with E-state index in [1.807, 2.05) is 26.0 Å². The van der Waals surface area contributed by atoms with Crippen LogP contribution in [0.5, 0.6) is 11.5 Å². The van der Waals surface area contributed by atoms with E-state index in [0.717, 1.165) is 21.3 Å². The maximum Gasteiger partial charge on any atom is 0.301 e. The molecule has 1 amide bonds. The molecule has 2 heterocycles. The van der Waals surface area contributed by atoms with Crippen LogP contribution in [0.1, 0.15) is 28.3 Å². The van der Waals surface area contributed by atoms with Crippen LogP contribution in [-0.4, -0.2) is 36.0 Å². The number of aryl methyl sites for hydroxylation is 2. The van der Waals surface area contributed by atoms with Gasteiger partial charge in [-0.05, 0) is 73.5 Å². The SMILES string of the molecule is COc1ccc(OC)c([C@H]2C(=C(O)c3ccc(F)cc3)C(=O)C(=O)N2c2nc3c(C)cc(C)cc3s2)c1. The molecule has 37 heavy (non-hydrogen) atoms. The lowest BCUT2D eigenvalue weighted by atomic mass is 9.94. The van der Waals surface area contributed by atoms with Crippen molar-refractivity contribution in [3.8, 4) is 11.5 Å². The number of Topliss-reactive ketones (excluding diaryl/α,β-unsaturated/α-hetero) is 1. The van der Waals surface area contributed by atoms with E-state index >= 15 is 0 Å². The minimum Gasteiger partial charge on any atom is -0.507 e. The molecule has 0 bridgehead atoms. The molecule has 1 N–H and O–H groups in total. The summed E-state index contributed by atoms with van der Waals surface area (Å²) in [6.07, 6.45) is 0. The maximum absolute atomic E-state index is 13.6. The number of carbonyl (C=O) groups excluding carboxylic acids is 2. The number of fused-ring (bicyclic) bond motifs is 1. The Morgan fingerprint density at radius 3 is 2.43 bits per heavy atom. The van der Waals surface area contributed by atoms with E-state index in [1.165, 1.54) is 54.7 Å². The van der Waals surface area contributed by atoms with Crippen LogP contribution in [0, 0.1) is 19.7 Å². The van der Waals surface area contributed by atoms with E-state index in [-0.39, 0.29) is 11.1 Å². The van der Waals surface area contributed by atoms with Crippen molar-refractivity contribution < 1.29 is 28.6 Å². The van der Waals surface area contributed by atoms with Crippen molar-refractivity contribution in [3.63, 3.8) is 0 Å². The van der Waals surface area contributed by atoms with E-state index in [1.54, 1.807) is 18.2 Å². The van der Waals surface area contributed by atoms with Crippen molar-refractivity contribution >= 4 is 44.1 Å². The molecule has 0 radical (unpaired) electrons. The van der Waals surface area contributed by atoms with Gasteiger partial charge in [-0.2, -0.15) is 0 Å². The summed E-state index contributed by atoms with van der Waals surface area (Å²) in [7, 11) is 2.97. The molecule has 1 atom stereocenters. The van der Waals surface area contributed by atoms with Crippen LogP contribution < -0.4 is 14.4 Å². The van der Waals surface area contributed by atoms with E-state index < -0.39 is 29.3 Å². The van der Waals surface area contributed by atoms with E-state index in [2.05, 4.69) is 0 Å². The van der Waals surface area contributed by atoms with Gasteiger partial charge in [0.05, 0.1) is 30.0 Å². The molecule has 0 unspecified atom stereocenters. The number of carbonyl (C=O) groups is 2. The first-order valence-corrected chi connectivity index (χ1v) is 12.2. The van der Waals surface area contributed by atoms with Crippen LogP contribution in [0.4, 0.5) is 9.52 Å². The summed E-state index contributed by atoms with van der Waals surface area (Å²) in [5.74, 6) is -1.79. The monoisotopic (exact) mass is 518 g/mol. The molecule has 1 saturated heterocycles. The summed E-state index contributed by atoms with van der Waals surface area (Å²) in [5.41, 5.74) is 3.18.